The molecule has 1 aromatic heterocycles. The molecule has 0 spiro atoms. The van der Waals surface area contributed by atoms with Crippen LogP contribution in [0.1, 0.15) is 40.7 Å². The van der Waals surface area contributed by atoms with Gasteiger partial charge in [0.05, 0.1) is 4.88 Å². The van der Waals surface area contributed by atoms with E-state index in [4.69, 9.17) is 0 Å². The molecule has 0 saturated carbocycles. The zero-order valence-electron chi connectivity index (χ0n) is 12.6. The first-order valence-corrected chi connectivity index (χ1v) is 9.11. The van der Waals surface area contributed by atoms with Gasteiger partial charge in [-0.2, -0.15) is 0 Å². The SMILES string of the molecule is CCCCCc1ccc(C(=O)/C=C\Nc2ccc(Br)cc2)s1. The summed E-state index contributed by atoms with van der Waals surface area (Å²) in [7, 11) is 0. The van der Waals surface area contributed by atoms with E-state index >= 15 is 0 Å². The number of unbranched alkanes of at least 4 members (excludes halogenated alkanes) is 2. The molecule has 4 heteroatoms. The summed E-state index contributed by atoms with van der Waals surface area (Å²) in [5, 5.41) is 3.10. The summed E-state index contributed by atoms with van der Waals surface area (Å²) in [5.41, 5.74) is 0.957. The summed E-state index contributed by atoms with van der Waals surface area (Å²) in [6.07, 6.45) is 8.03. The predicted molar refractivity (Wildman–Crippen MR) is 98.8 cm³/mol. The first kappa shape index (κ1) is 17.0. The number of anilines is 1. The first-order chi connectivity index (χ1) is 10.7. The lowest BCUT2D eigenvalue weighted by Gasteiger charge is -1.99. The van der Waals surface area contributed by atoms with Gasteiger partial charge in [-0.15, -0.1) is 11.3 Å². The molecule has 0 amide bonds. The van der Waals surface area contributed by atoms with Gasteiger partial charge in [-0.25, -0.2) is 0 Å². The van der Waals surface area contributed by atoms with Crippen molar-refractivity contribution >= 4 is 38.7 Å². The molecule has 2 rings (SSSR count). The van der Waals surface area contributed by atoms with Crippen molar-refractivity contribution in [3.05, 3.63) is 62.9 Å². The predicted octanol–water partition coefficient (Wildman–Crippen LogP) is 6.05. The number of carbonyl (C=O) groups excluding carboxylic acids is 1. The van der Waals surface area contributed by atoms with Gasteiger partial charge >= 0.3 is 0 Å². The lowest BCUT2D eigenvalue weighted by molar-refractivity contribution is 0.105. The fraction of sp³-hybridized carbons (Fsp3) is 0.278. The lowest BCUT2D eigenvalue weighted by Crippen LogP contribution is -1.93. The van der Waals surface area contributed by atoms with E-state index in [0.29, 0.717) is 0 Å². The highest BCUT2D eigenvalue weighted by atomic mass is 79.9. The number of hydrogen-bond donors (Lipinski definition) is 1. The number of aryl methyl sites for hydroxylation is 1. The van der Waals surface area contributed by atoms with E-state index in [0.717, 1.165) is 21.5 Å². The molecule has 1 heterocycles. The maximum Gasteiger partial charge on any atom is 0.197 e. The number of halogens is 1. The Labute approximate surface area is 144 Å². The summed E-state index contributed by atoms with van der Waals surface area (Å²) < 4.78 is 1.03. The Bertz CT molecular complexity index is 631. The maximum atomic E-state index is 12.1. The molecule has 1 aromatic carbocycles. The zero-order chi connectivity index (χ0) is 15.8. The number of benzene rings is 1. The Hall–Kier alpha value is -1.39. The van der Waals surface area contributed by atoms with Crippen molar-refractivity contribution in [1.82, 2.24) is 0 Å². The number of allylic oxidation sites excluding steroid dienone is 1. The van der Waals surface area contributed by atoms with Crippen molar-refractivity contribution in [3.63, 3.8) is 0 Å². The topological polar surface area (TPSA) is 29.1 Å². The Morgan fingerprint density at radius 1 is 1.18 bits per heavy atom. The van der Waals surface area contributed by atoms with Gasteiger partial charge in [-0.05, 0) is 49.2 Å². The summed E-state index contributed by atoms with van der Waals surface area (Å²) in [4.78, 5) is 14.2. The van der Waals surface area contributed by atoms with Crippen molar-refractivity contribution in [2.24, 2.45) is 0 Å². The van der Waals surface area contributed by atoms with Crippen LogP contribution in [0.25, 0.3) is 0 Å². The minimum absolute atomic E-state index is 0.0522. The molecule has 0 aliphatic rings. The van der Waals surface area contributed by atoms with Crippen molar-refractivity contribution in [2.45, 2.75) is 32.6 Å². The number of rotatable bonds is 8. The van der Waals surface area contributed by atoms with Crippen molar-refractivity contribution in [3.8, 4) is 0 Å². The number of nitrogens with one attached hydrogen (secondary N) is 1. The second kappa shape index (κ2) is 8.91. The molecule has 22 heavy (non-hydrogen) atoms. The highest BCUT2D eigenvalue weighted by Crippen LogP contribution is 2.20. The minimum Gasteiger partial charge on any atom is -0.362 e. The van der Waals surface area contributed by atoms with E-state index in [-0.39, 0.29) is 5.78 Å². The second-order valence-corrected chi connectivity index (χ2v) is 7.16. The second-order valence-electron chi connectivity index (χ2n) is 5.07. The van der Waals surface area contributed by atoms with Crippen LogP contribution >= 0.6 is 27.3 Å². The van der Waals surface area contributed by atoms with Crippen LogP contribution < -0.4 is 5.32 Å². The van der Waals surface area contributed by atoms with Crippen molar-refractivity contribution in [2.75, 3.05) is 5.32 Å². The summed E-state index contributed by atoms with van der Waals surface area (Å²) in [6.45, 7) is 2.20. The monoisotopic (exact) mass is 377 g/mol. The highest BCUT2D eigenvalue weighted by molar-refractivity contribution is 9.10. The van der Waals surface area contributed by atoms with E-state index in [2.05, 4.69) is 34.2 Å². The number of carbonyl (C=O) groups is 1. The molecule has 116 valence electrons. The molecule has 2 aromatic rings. The van der Waals surface area contributed by atoms with Gasteiger partial charge in [0.15, 0.2) is 5.78 Å². The smallest absolute Gasteiger partial charge is 0.197 e. The van der Waals surface area contributed by atoms with Crippen LogP contribution in [0.4, 0.5) is 5.69 Å². The van der Waals surface area contributed by atoms with Gasteiger partial charge in [0, 0.05) is 27.3 Å². The summed E-state index contributed by atoms with van der Waals surface area (Å²) in [6, 6.07) is 11.8. The Kier molecular flexibility index (Phi) is 6.87. The van der Waals surface area contributed by atoms with E-state index in [1.165, 1.54) is 24.1 Å². The quantitative estimate of drug-likeness (QED) is 0.344. The number of hydrogen-bond acceptors (Lipinski definition) is 3. The summed E-state index contributed by atoms with van der Waals surface area (Å²) >= 11 is 5.00. The highest BCUT2D eigenvalue weighted by Gasteiger charge is 2.06. The Morgan fingerprint density at radius 2 is 1.95 bits per heavy atom. The largest absolute Gasteiger partial charge is 0.362 e. The van der Waals surface area contributed by atoms with E-state index in [9.17, 15) is 4.79 Å². The molecular formula is C18H20BrNOS. The van der Waals surface area contributed by atoms with Gasteiger partial charge in [-0.3, -0.25) is 4.79 Å². The third-order valence-corrected chi connectivity index (χ3v) is 4.95. The summed E-state index contributed by atoms with van der Waals surface area (Å²) in [5.74, 6) is 0.0522. The molecule has 2 nitrogen and oxygen atoms in total. The lowest BCUT2D eigenvalue weighted by atomic mass is 10.2. The molecule has 0 atom stereocenters. The van der Waals surface area contributed by atoms with Crippen LogP contribution in [0.15, 0.2) is 53.1 Å². The first-order valence-electron chi connectivity index (χ1n) is 7.50. The molecular weight excluding hydrogens is 358 g/mol. The third-order valence-electron chi connectivity index (χ3n) is 3.26. The van der Waals surface area contributed by atoms with Crippen LogP contribution in [0.2, 0.25) is 0 Å². The Balaban J connectivity index is 1.86. The Morgan fingerprint density at radius 3 is 2.68 bits per heavy atom. The number of thiophene rings is 1. The van der Waals surface area contributed by atoms with Crippen LogP contribution in [0.5, 0.6) is 0 Å². The minimum atomic E-state index is 0.0522. The maximum absolute atomic E-state index is 12.1. The van der Waals surface area contributed by atoms with Crippen LogP contribution in [0.3, 0.4) is 0 Å². The van der Waals surface area contributed by atoms with Gasteiger partial charge in [0.25, 0.3) is 0 Å². The fourth-order valence-corrected chi connectivity index (χ4v) is 3.27. The number of ketones is 1. The molecule has 0 aliphatic carbocycles. The molecule has 1 N–H and O–H groups in total. The van der Waals surface area contributed by atoms with Crippen molar-refractivity contribution in [1.29, 1.82) is 0 Å². The molecule has 0 fully saturated rings. The van der Waals surface area contributed by atoms with E-state index < -0.39 is 0 Å². The molecule has 0 unspecified atom stereocenters. The molecule has 0 bridgehead atoms. The average molecular weight is 378 g/mol. The third kappa shape index (κ3) is 5.43. The van der Waals surface area contributed by atoms with E-state index in [1.807, 2.05) is 30.3 Å². The molecule has 0 aliphatic heterocycles. The van der Waals surface area contributed by atoms with Crippen LogP contribution in [-0.4, -0.2) is 5.78 Å². The fourth-order valence-electron chi connectivity index (χ4n) is 2.04. The molecule has 0 saturated heterocycles. The van der Waals surface area contributed by atoms with Gasteiger partial charge in [0.2, 0.25) is 0 Å². The van der Waals surface area contributed by atoms with Gasteiger partial charge < -0.3 is 5.32 Å². The van der Waals surface area contributed by atoms with Crippen LogP contribution in [-0.2, 0) is 6.42 Å². The van der Waals surface area contributed by atoms with Crippen molar-refractivity contribution < 1.29 is 4.79 Å². The zero-order valence-corrected chi connectivity index (χ0v) is 15.0. The average Bonchev–Trinajstić information content (AvgIpc) is 2.98. The van der Waals surface area contributed by atoms with Crippen LogP contribution in [0, 0.1) is 0 Å². The molecule has 0 radical (unpaired) electrons. The van der Waals surface area contributed by atoms with Gasteiger partial charge in [-0.1, -0.05) is 35.7 Å². The van der Waals surface area contributed by atoms with Gasteiger partial charge in [0.1, 0.15) is 0 Å². The normalized spacial score (nSPS) is 11.0. The van der Waals surface area contributed by atoms with E-state index in [1.54, 1.807) is 23.6 Å². The standard InChI is InChI=1S/C18H20BrNOS/c1-2-3-4-5-16-10-11-18(22-16)17(21)12-13-20-15-8-6-14(19)7-9-15/h6-13,20H,2-5H2,1H3/b13-12-.